The number of nitrogens with zero attached hydrogens (tertiary/aromatic N) is 2. The molecule has 0 saturated carbocycles. The molecule has 2 aliphatic heterocycles. The van der Waals surface area contributed by atoms with Crippen LogP contribution in [0, 0.1) is 5.92 Å². The minimum Gasteiger partial charge on any atom is -0.496 e. The number of ether oxygens (including phenoxy) is 1. The Morgan fingerprint density at radius 3 is 2.41 bits per heavy atom. The second-order valence-corrected chi connectivity index (χ2v) is 11.7. The molecule has 0 atom stereocenters. The van der Waals surface area contributed by atoms with Gasteiger partial charge in [-0.3, -0.25) is 4.79 Å². The summed E-state index contributed by atoms with van der Waals surface area (Å²) in [6.07, 6.45) is 6.22. The molecule has 0 spiro atoms. The van der Waals surface area contributed by atoms with E-state index in [0.29, 0.717) is 34.5 Å². The van der Waals surface area contributed by atoms with Crippen LogP contribution in [-0.2, 0) is 10.0 Å². The lowest BCUT2D eigenvalue weighted by Gasteiger charge is -2.38. The average Bonchev–Trinajstić information content (AvgIpc) is 2.80. The molecule has 2 saturated heterocycles. The SMILES string of the molecule is COc1cc(N)c(Cl)cc1C(=O)NC1CCN(CC2CCN(CCCNS(C)(=O)=O)CC2)CC1. The first-order chi connectivity index (χ1) is 16.1. The van der Waals surface area contributed by atoms with Crippen LogP contribution in [0.4, 0.5) is 5.69 Å². The van der Waals surface area contributed by atoms with E-state index >= 15 is 0 Å². The number of hydrogen-bond donors (Lipinski definition) is 3. The number of amides is 1. The largest absolute Gasteiger partial charge is 0.496 e. The molecule has 9 nitrogen and oxygen atoms in total. The van der Waals surface area contributed by atoms with Crippen molar-refractivity contribution >= 4 is 33.2 Å². The van der Waals surface area contributed by atoms with E-state index in [9.17, 15) is 13.2 Å². The van der Waals surface area contributed by atoms with Crippen molar-refractivity contribution in [2.45, 2.75) is 38.1 Å². The smallest absolute Gasteiger partial charge is 0.255 e. The molecule has 3 rings (SSSR count). The molecule has 0 aromatic heterocycles. The maximum absolute atomic E-state index is 12.8. The standard InChI is InChI=1S/C23H38ClN5O4S/c1-33-22-15-21(25)20(24)14-19(22)23(30)27-18-6-12-29(13-7-18)16-17-4-10-28(11-5-17)9-3-8-26-34(2,31)32/h14-15,17-18,26H,3-13,16,25H2,1-2H3,(H,27,30). The van der Waals surface area contributed by atoms with Crippen LogP contribution in [0.3, 0.4) is 0 Å². The summed E-state index contributed by atoms with van der Waals surface area (Å²) >= 11 is 6.10. The lowest BCUT2D eigenvalue weighted by atomic mass is 9.94. The second-order valence-electron chi connectivity index (χ2n) is 9.43. The molecule has 2 aliphatic rings. The third kappa shape index (κ3) is 8.27. The van der Waals surface area contributed by atoms with Crippen molar-refractivity contribution in [3.63, 3.8) is 0 Å². The quantitative estimate of drug-likeness (QED) is 0.321. The zero-order valence-electron chi connectivity index (χ0n) is 20.2. The van der Waals surface area contributed by atoms with Crippen molar-refractivity contribution in [2.75, 3.05) is 64.9 Å². The molecule has 0 radical (unpaired) electrons. The number of nitrogen functional groups attached to an aromatic ring is 1. The van der Waals surface area contributed by atoms with Crippen LogP contribution in [0.5, 0.6) is 5.75 Å². The van der Waals surface area contributed by atoms with Crippen LogP contribution in [0.15, 0.2) is 12.1 Å². The first-order valence-corrected chi connectivity index (χ1v) is 14.2. The van der Waals surface area contributed by atoms with Crippen LogP contribution >= 0.6 is 11.6 Å². The van der Waals surface area contributed by atoms with Crippen molar-refractivity contribution in [3.8, 4) is 5.75 Å². The highest BCUT2D eigenvalue weighted by Gasteiger charge is 2.26. The minimum atomic E-state index is -3.10. The highest BCUT2D eigenvalue weighted by atomic mass is 35.5. The highest BCUT2D eigenvalue weighted by Crippen LogP contribution is 2.29. The van der Waals surface area contributed by atoms with Crippen molar-refractivity contribution < 1.29 is 17.9 Å². The number of rotatable bonds is 10. The predicted molar refractivity (Wildman–Crippen MR) is 136 cm³/mol. The molecular formula is C23H38ClN5O4S. The Balaban J connectivity index is 1.35. The monoisotopic (exact) mass is 515 g/mol. The fourth-order valence-corrected chi connectivity index (χ4v) is 5.44. The summed E-state index contributed by atoms with van der Waals surface area (Å²) in [5.41, 5.74) is 6.61. The first-order valence-electron chi connectivity index (χ1n) is 12.0. The summed E-state index contributed by atoms with van der Waals surface area (Å²) < 4.78 is 30.1. The van der Waals surface area contributed by atoms with E-state index in [0.717, 1.165) is 58.5 Å². The van der Waals surface area contributed by atoms with Gasteiger partial charge < -0.3 is 25.6 Å². The van der Waals surface area contributed by atoms with Crippen LogP contribution < -0.4 is 20.5 Å². The van der Waals surface area contributed by atoms with Gasteiger partial charge in [-0.15, -0.1) is 0 Å². The lowest BCUT2D eigenvalue weighted by Crippen LogP contribution is -2.47. The third-order valence-electron chi connectivity index (χ3n) is 6.73. The number of methoxy groups -OCH3 is 1. The van der Waals surface area contributed by atoms with E-state index in [1.165, 1.54) is 26.2 Å². The molecule has 11 heteroatoms. The first kappa shape index (κ1) is 27.0. The van der Waals surface area contributed by atoms with Gasteiger partial charge in [0.15, 0.2) is 0 Å². The third-order valence-corrected chi connectivity index (χ3v) is 7.78. The van der Waals surface area contributed by atoms with Crippen molar-refractivity contribution in [2.24, 2.45) is 5.92 Å². The summed E-state index contributed by atoms with van der Waals surface area (Å²) in [6, 6.07) is 3.28. The Labute approximate surface area is 208 Å². The van der Waals surface area contributed by atoms with Gasteiger partial charge in [-0.05, 0) is 63.7 Å². The highest BCUT2D eigenvalue weighted by molar-refractivity contribution is 7.88. The number of carbonyl (C=O) groups is 1. The van der Waals surface area contributed by atoms with Gasteiger partial charge >= 0.3 is 0 Å². The van der Waals surface area contributed by atoms with Gasteiger partial charge in [0.1, 0.15) is 5.75 Å². The number of carbonyl (C=O) groups excluding carboxylic acids is 1. The van der Waals surface area contributed by atoms with E-state index in [4.69, 9.17) is 22.1 Å². The molecule has 1 amide bonds. The molecular weight excluding hydrogens is 478 g/mol. The summed E-state index contributed by atoms with van der Waals surface area (Å²) in [4.78, 5) is 17.7. The van der Waals surface area contributed by atoms with Crippen LogP contribution in [0.25, 0.3) is 0 Å². The number of nitrogens with two attached hydrogens (primary N) is 1. The zero-order chi connectivity index (χ0) is 24.7. The average molecular weight is 516 g/mol. The fraction of sp³-hybridized carbons (Fsp3) is 0.696. The fourth-order valence-electron chi connectivity index (χ4n) is 4.76. The minimum absolute atomic E-state index is 0.132. The van der Waals surface area contributed by atoms with E-state index in [2.05, 4.69) is 19.8 Å². The van der Waals surface area contributed by atoms with Gasteiger partial charge in [0.2, 0.25) is 10.0 Å². The Kier molecular flexibility index (Phi) is 9.84. The lowest BCUT2D eigenvalue weighted by molar-refractivity contribution is 0.0888. The number of hydrogen-bond acceptors (Lipinski definition) is 7. The molecule has 4 N–H and O–H groups in total. The molecule has 0 unspecified atom stereocenters. The number of sulfonamides is 1. The number of halogens is 1. The number of anilines is 1. The van der Waals surface area contributed by atoms with Gasteiger partial charge in [-0.25, -0.2) is 13.1 Å². The predicted octanol–water partition coefficient (Wildman–Crippen LogP) is 1.78. The number of nitrogens with one attached hydrogen (secondary N) is 2. The topological polar surface area (TPSA) is 117 Å². The molecule has 1 aromatic rings. The van der Waals surface area contributed by atoms with Crippen LogP contribution in [-0.4, -0.2) is 89.3 Å². The van der Waals surface area contributed by atoms with Crippen molar-refractivity contribution in [1.82, 2.24) is 19.8 Å². The van der Waals surface area contributed by atoms with E-state index < -0.39 is 10.0 Å². The summed E-state index contributed by atoms with van der Waals surface area (Å²) in [7, 11) is -1.58. The van der Waals surface area contributed by atoms with Crippen molar-refractivity contribution in [1.29, 1.82) is 0 Å². The van der Waals surface area contributed by atoms with E-state index in [1.807, 2.05) is 0 Å². The van der Waals surface area contributed by atoms with Crippen molar-refractivity contribution in [3.05, 3.63) is 22.7 Å². The summed E-state index contributed by atoms with van der Waals surface area (Å²) in [5.74, 6) is 0.934. The van der Waals surface area contributed by atoms with Gasteiger partial charge in [0, 0.05) is 38.3 Å². The number of likely N-dealkylation sites (tertiary alicyclic amines) is 2. The molecule has 1 aromatic carbocycles. The molecule has 0 bridgehead atoms. The summed E-state index contributed by atoms with van der Waals surface area (Å²) in [6.45, 7) is 6.63. The molecule has 192 valence electrons. The van der Waals surface area contributed by atoms with Gasteiger partial charge in [0.25, 0.3) is 5.91 Å². The number of piperidine rings is 2. The van der Waals surface area contributed by atoms with Crippen LogP contribution in [0.1, 0.15) is 42.5 Å². The number of benzene rings is 1. The second kappa shape index (κ2) is 12.4. The molecule has 2 heterocycles. The molecule has 2 fully saturated rings. The maximum atomic E-state index is 12.8. The van der Waals surface area contributed by atoms with Crippen LogP contribution in [0.2, 0.25) is 5.02 Å². The van der Waals surface area contributed by atoms with Gasteiger partial charge in [0.05, 0.1) is 29.6 Å². The maximum Gasteiger partial charge on any atom is 0.255 e. The Morgan fingerprint density at radius 1 is 1.15 bits per heavy atom. The van der Waals surface area contributed by atoms with E-state index in [1.54, 1.807) is 12.1 Å². The Bertz CT molecular complexity index is 930. The van der Waals surface area contributed by atoms with Gasteiger partial charge in [-0.1, -0.05) is 11.6 Å². The molecule has 0 aliphatic carbocycles. The molecule has 34 heavy (non-hydrogen) atoms. The normalized spacial score (nSPS) is 19.3. The Hall–Kier alpha value is -1.59. The zero-order valence-corrected chi connectivity index (χ0v) is 21.8. The summed E-state index contributed by atoms with van der Waals surface area (Å²) in [5, 5.41) is 3.47. The Morgan fingerprint density at radius 2 is 1.79 bits per heavy atom. The van der Waals surface area contributed by atoms with Gasteiger partial charge in [-0.2, -0.15) is 0 Å². The van der Waals surface area contributed by atoms with E-state index in [-0.39, 0.29) is 11.9 Å².